The van der Waals surface area contributed by atoms with E-state index in [0.29, 0.717) is 13.2 Å². The van der Waals surface area contributed by atoms with Crippen molar-refractivity contribution in [2.24, 2.45) is 5.73 Å². The van der Waals surface area contributed by atoms with Crippen LogP contribution in [-0.2, 0) is 4.74 Å². The lowest BCUT2D eigenvalue weighted by Crippen LogP contribution is -2.41. The smallest absolute Gasteiger partial charge is 0.119 e. The zero-order chi connectivity index (χ0) is 11.9. The third-order valence-corrected chi connectivity index (χ3v) is 2.38. The Labute approximate surface area is 97.6 Å². The summed E-state index contributed by atoms with van der Waals surface area (Å²) in [7, 11) is 1.67. The van der Waals surface area contributed by atoms with Gasteiger partial charge in [0.15, 0.2) is 0 Å². The molecule has 0 aliphatic heterocycles. The molecule has 1 unspecified atom stereocenters. The highest BCUT2D eigenvalue weighted by Crippen LogP contribution is 2.12. The molecule has 0 aliphatic carbocycles. The van der Waals surface area contributed by atoms with E-state index in [1.807, 2.05) is 37.3 Å². The van der Waals surface area contributed by atoms with Crippen LogP contribution in [0.4, 0.5) is 0 Å². The molecule has 1 rings (SSSR count). The molecular formula is C13H21NO2. The summed E-state index contributed by atoms with van der Waals surface area (Å²) in [5.41, 5.74) is 5.77. The van der Waals surface area contributed by atoms with Crippen molar-refractivity contribution in [2.75, 3.05) is 20.3 Å². The van der Waals surface area contributed by atoms with Crippen LogP contribution in [0.5, 0.6) is 5.75 Å². The average Bonchev–Trinajstić information content (AvgIpc) is 2.26. The van der Waals surface area contributed by atoms with Crippen molar-refractivity contribution in [3.05, 3.63) is 30.3 Å². The fourth-order valence-electron chi connectivity index (χ4n) is 1.58. The maximum Gasteiger partial charge on any atom is 0.119 e. The molecule has 0 bridgehead atoms. The van der Waals surface area contributed by atoms with Crippen molar-refractivity contribution in [1.82, 2.24) is 0 Å². The molecule has 0 radical (unpaired) electrons. The Hall–Kier alpha value is -1.06. The van der Waals surface area contributed by atoms with E-state index in [-0.39, 0.29) is 5.54 Å². The molecule has 1 atom stereocenters. The zero-order valence-electron chi connectivity index (χ0n) is 10.1. The second-order valence-corrected chi connectivity index (χ2v) is 4.35. The number of para-hydroxylation sites is 1. The molecule has 2 N–H and O–H groups in total. The first-order valence-corrected chi connectivity index (χ1v) is 5.60. The van der Waals surface area contributed by atoms with Gasteiger partial charge in [-0.25, -0.2) is 0 Å². The van der Waals surface area contributed by atoms with Gasteiger partial charge in [-0.1, -0.05) is 18.2 Å². The van der Waals surface area contributed by atoms with Crippen LogP contribution in [0.15, 0.2) is 30.3 Å². The predicted octanol–water partition coefficient (Wildman–Crippen LogP) is 2.21. The molecule has 0 fully saturated rings. The molecule has 0 heterocycles. The fourth-order valence-corrected chi connectivity index (χ4v) is 1.58. The molecule has 3 nitrogen and oxygen atoms in total. The summed E-state index contributed by atoms with van der Waals surface area (Å²) >= 11 is 0. The number of methoxy groups -OCH3 is 1. The Kier molecular flexibility index (Phi) is 5.29. The maximum atomic E-state index is 6.03. The molecule has 3 heteroatoms. The van der Waals surface area contributed by atoms with Crippen molar-refractivity contribution >= 4 is 0 Å². The van der Waals surface area contributed by atoms with Gasteiger partial charge in [0.05, 0.1) is 13.2 Å². The summed E-state index contributed by atoms with van der Waals surface area (Å²) in [5.74, 6) is 0.910. The topological polar surface area (TPSA) is 44.5 Å². The second-order valence-electron chi connectivity index (χ2n) is 4.35. The number of rotatable bonds is 7. The number of hydrogen-bond acceptors (Lipinski definition) is 3. The lowest BCUT2D eigenvalue weighted by atomic mass is 9.99. The van der Waals surface area contributed by atoms with Gasteiger partial charge >= 0.3 is 0 Å². The fraction of sp³-hybridized carbons (Fsp3) is 0.538. The highest BCUT2D eigenvalue weighted by Gasteiger charge is 2.17. The van der Waals surface area contributed by atoms with Crippen molar-refractivity contribution in [1.29, 1.82) is 0 Å². The highest BCUT2D eigenvalue weighted by atomic mass is 16.5. The minimum absolute atomic E-state index is 0.255. The van der Waals surface area contributed by atoms with Crippen LogP contribution in [0.2, 0.25) is 0 Å². The van der Waals surface area contributed by atoms with Crippen molar-refractivity contribution in [3.8, 4) is 5.75 Å². The van der Waals surface area contributed by atoms with E-state index in [1.54, 1.807) is 7.11 Å². The van der Waals surface area contributed by atoms with Gasteiger partial charge in [-0.2, -0.15) is 0 Å². The molecule has 0 saturated carbocycles. The first kappa shape index (κ1) is 13.0. The minimum Gasteiger partial charge on any atom is -0.494 e. The second kappa shape index (κ2) is 6.51. The van der Waals surface area contributed by atoms with Gasteiger partial charge in [-0.15, -0.1) is 0 Å². The molecule has 16 heavy (non-hydrogen) atoms. The van der Waals surface area contributed by atoms with Crippen LogP contribution in [-0.4, -0.2) is 25.9 Å². The Balaban J connectivity index is 2.17. The summed E-state index contributed by atoms with van der Waals surface area (Å²) in [6, 6.07) is 9.82. The Morgan fingerprint density at radius 2 is 1.94 bits per heavy atom. The monoisotopic (exact) mass is 223 g/mol. The molecule has 1 aromatic carbocycles. The normalized spacial score (nSPS) is 14.4. The number of nitrogens with two attached hydrogens (primary N) is 1. The van der Waals surface area contributed by atoms with Crippen LogP contribution in [0.1, 0.15) is 19.8 Å². The molecule has 1 aromatic rings. The zero-order valence-corrected chi connectivity index (χ0v) is 10.1. The van der Waals surface area contributed by atoms with Crippen LogP contribution >= 0.6 is 0 Å². The van der Waals surface area contributed by atoms with E-state index in [2.05, 4.69) is 0 Å². The van der Waals surface area contributed by atoms with Crippen LogP contribution in [0.25, 0.3) is 0 Å². The van der Waals surface area contributed by atoms with Gasteiger partial charge in [0, 0.05) is 12.6 Å². The van der Waals surface area contributed by atoms with E-state index in [9.17, 15) is 0 Å². The average molecular weight is 223 g/mol. The summed E-state index contributed by atoms with van der Waals surface area (Å²) in [6.07, 6.45) is 1.83. The molecule has 90 valence electrons. The molecule has 0 saturated heterocycles. The number of hydrogen-bond donors (Lipinski definition) is 1. The molecular weight excluding hydrogens is 202 g/mol. The van der Waals surface area contributed by atoms with E-state index < -0.39 is 0 Å². The van der Waals surface area contributed by atoms with Gasteiger partial charge in [-0.3, -0.25) is 0 Å². The quantitative estimate of drug-likeness (QED) is 0.721. The van der Waals surface area contributed by atoms with Crippen LogP contribution < -0.4 is 10.5 Å². The summed E-state index contributed by atoms with van der Waals surface area (Å²) in [6.45, 7) is 3.28. The summed E-state index contributed by atoms with van der Waals surface area (Å²) < 4.78 is 10.6. The highest BCUT2D eigenvalue weighted by molar-refractivity contribution is 5.20. The third kappa shape index (κ3) is 5.14. The van der Waals surface area contributed by atoms with E-state index >= 15 is 0 Å². The summed E-state index contributed by atoms with van der Waals surface area (Å²) in [5, 5.41) is 0. The predicted molar refractivity (Wildman–Crippen MR) is 65.6 cm³/mol. The first-order valence-electron chi connectivity index (χ1n) is 5.60. The van der Waals surface area contributed by atoms with Crippen molar-refractivity contribution in [2.45, 2.75) is 25.3 Å². The molecule has 0 amide bonds. The van der Waals surface area contributed by atoms with Gasteiger partial charge in [0.1, 0.15) is 5.75 Å². The Bertz CT molecular complexity index is 285. The molecule has 0 aromatic heterocycles. The van der Waals surface area contributed by atoms with Gasteiger partial charge < -0.3 is 15.2 Å². The third-order valence-electron chi connectivity index (χ3n) is 2.38. The number of benzene rings is 1. The first-order chi connectivity index (χ1) is 7.64. The lowest BCUT2D eigenvalue weighted by Gasteiger charge is -2.23. The van der Waals surface area contributed by atoms with Crippen molar-refractivity contribution < 1.29 is 9.47 Å². The minimum atomic E-state index is -0.255. The Morgan fingerprint density at radius 1 is 1.25 bits per heavy atom. The van der Waals surface area contributed by atoms with Crippen LogP contribution in [0, 0.1) is 0 Å². The largest absolute Gasteiger partial charge is 0.494 e. The maximum absolute atomic E-state index is 6.03. The SMILES string of the molecule is COCC(C)(N)CCCOc1ccccc1. The van der Waals surface area contributed by atoms with Gasteiger partial charge in [-0.05, 0) is 31.9 Å². The summed E-state index contributed by atoms with van der Waals surface area (Å²) in [4.78, 5) is 0. The van der Waals surface area contributed by atoms with Gasteiger partial charge in [0.25, 0.3) is 0 Å². The van der Waals surface area contributed by atoms with E-state index in [4.69, 9.17) is 15.2 Å². The standard InChI is InChI=1S/C13H21NO2/c1-13(14,11-15-2)9-6-10-16-12-7-4-3-5-8-12/h3-5,7-8H,6,9-11,14H2,1-2H3. The molecule has 0 aliphatic rings. The Morgan fingerprint density at radius 3 is 2.56 bits per heavy atom. The lowest BCUT2D eigenvalue weighted by molar-refractivity contribution is 0.131. The van der Waals surface area contributed by atoms with E-state index in [1.165, 1.54) is 0 Å². The molecule has 0 spiro atoms. The van der Waals surface area contributed by atoms with Crippen molar-refractivity contribution in [3.63, 3.8) is 0 Å². The van der Waals surface area contributed by atoms with Crippen LogP contribution in [0.3, 0.4) is 0 Å². The van der Waals surface area contributed by atoms with Gasteiger partial charge in [0.2, 0.25) is 0 Å². The number of ether oxygens (including phenoxy) is 2. The van der Waals surface area contributed by atoms with E-state index in [0.717, 1.165) is 18.6 Å².